The molecule has 0 amide bonds. The van der Waals surface area contributed by atoms with Crippen molar-refractivity contribution in [2.24, 2.45) is 5.73 Å². The Bertz CT molecular complexity index is 473. The molecule has 1 atom stereocenters. The van der Waals surface area contributed by atoms with Crippen LogP contribution in [0.3, 0.4) is 0 Å². The highest BCUT2D eigenvalue weighted by Gasteiger charge is 2.21. The van der Waals surface area contributed by atoms with Crippen LogP contribution in [-0.2, 0) is 0 Å². The van der Waals surface area contributed by atoms with Crippen molar-refractivity contribution < 1.29 is 0 Å². The molecule has 0 aliphatic rings. The molecule has 2 rings (SSSR count). The summed E-state index contributed by atoms with van der Waals surface area (Å²) in [6.07, 6.45) is 0. The standard InChI is InChI=1S/C11H15N3S2/c1-6(2)9-11(16-14-13-9)8(12)10-7(3)4-5-15-10/h4-6,8H,12H2,1-3H3. The molecule has 3 nitrogen and oxygen atoms in total. The minimum atomic E-state index is -0.0719. The molecule has 0 radical (unpaired) electrons. The van der Waals surface area contributed by atoms with Crippen molar-refractivity contribution in [3.63, 3.8) is 0 Å². The van der Waals surface area contributed by atoms with Crippen molar-refractivity contribution in [1.82, 2.24) is 9.59 Å². The zero-order chi connectivity index (χ0) is 11.7. The van der Waals surface area contributed by atoms with Gasteiger partial charge in [0, 0.05) is 4.88 Å². The zero-order valence-corrected chi connectivity index (χ0v) is 11.2. The maximum Gasteiger partial charge on any atom is 0.0832 e. The smallest absolute Gasteiger partial charge is 0.0832 e. The third-order valence-corrected chi connectivity index (χ3v) is 4.48. The molecule has 2 N–H and O–H groups in total. The molecular formula is C11H15N3S2. The second-order valence-electron chi connectivity index (χ2n) is 4.12. The lowest BCUT2D eigenvalue weighted by molar-refractivity contribution is 0.774. The van der Waals surface area contributed by atoms with Gasteiger partial charge in [-0.25, -0.2) is 0 Å². The van der Waals surface area contributed by atoms with E-state index in [2.05, 4.69) is 41.8 Å². The average molecular weight is 253 g/mol. The number of nitrogens with two attached hydrogens (primary N) is 1. The predicted molar refractivity (Wildman–Crippen MR) is 69.1 cm³/mol. The van der Waals surface area contributed by atoms with Crippen molar-refractivity contribution >= 4 is 22.9 Å². The number of hydrogen-bond acceptors (Lipinski definition) is 5. The summed E-state index contributed by atoms with van der Waals surface area (Å²) >= 11 is 3.12. The van der Waals surface area contributed by atoms with Gasteiger partial charge in [-0.3, -0.25) is 0 Å². The van der Waals surface area contributed by atoms with Gasteiger partial charge in [0.05, 0.1) is 16.6 Å². The normalized spacial score (nSPS) is 13.3. The van der Waals surface area contributed by atoms with Crippen LogP contribution in [0.1, 0.15) is 46.8 Å². The highest BCUT2D eigenvalue weighted by atomic mass is 32.1. The molecule has 5 heteroatoms. The Balaban J connectivity index is 2.38. The fourth-order valence-corrected chi connectivity index (χ4v) is 3.47. The summed E-state index contributed by atoms with van der Waals surface area (Å²) in [7, 11) is 0. The Morgan fingerprint density at radius 1 is 1.31 bits per heavy atom. The number of hydrogen-bond donors (Lipinski definition) is 1. The average Bonchev–Trinajstić information content (AvgIpc) is 2.84. The summed E-state index contributed by atoms with van der Waals surface area (Å²) in [5.74, 6) is 0.375. The molecule has 16 heavy (non-hydrogen) atoms. The number of rotatable bonds is 3. The molecule has 0 aliphatic heterocycles. The lowest BCUT2D eigenvalue weighted by atomic mass is 10.0. The molecule has 86 valence electrons. The Morgan fingerprint density at radius 3 is 2.62 bits per heavy atom. The third kappa shape index (κ3) is 2.03. The molecule has 1 unspecified atom stereocenters. The first kappa shape index (κ1) is 11.7. The second kappa shape index (κ2) is 4.61. The third-order valence-electron chi connectivity index (χ3n) is 2.55. The largest absolute Gasteiger partial charge is 0.319 e. The minimum Gasteiger partial charge on any atom is -0.319 e. The van der Waals surface area contributed by atoms with Crippen molar-refractivity contribution in [3.8, 4) is 0 Å². The summed E-state index contributed by atoms with van der Waals surface area (Å²) < 4.78 is 4.02. The van der Waals surface area contributed by atoms with Crippen LogP contribution in [0.15, 0.2) is 11.4 Å². The molecule has 0 saturated carbocycles. The Hall–Kier alpha value is -0.780. The Labute approximate surface area is 103 Å². The van der Waals surface area contributed by atoms with Crippen LogP contribution >= 0.6 is 22.9 Å². The second-order valence-corrected chi connectivity index (χ2v) is 5.86. The van der Waals surface area contributed by atoms with Crippen molar-refractivity contribution in [2.75, 3.05) is 0 Å². The topological polar surface area (TPSA) is 51.8 Å². The highest BCUT2D eigenvalue weighted by molar-refractivity contribution is 7.10. The van der Waals surface area contributed by atoms with E-state index in [1.165, 1.54) is 22.0 Å². The van der Waals surface area contributed by atoms with E-state index >= 15 is 0 Å². The highest BCUT2D eigenvalue weighted by Crippen LogP contribution is 2.32. The van der Waals surface area contributed by atoms with Crippen molar-refractivity contribution in [3.05, 3.63) is 32.5 Å². The van der Waals surface area contributed by atoms with Crippen LogP contribution in [0.2, 0.25) is 0 Å². The summed E-state index contributed by atoms with van der Waals surface area (Å²) in [6.45, 7) is 6.33. The SMILES string of the molecule is Cc1ccsc1C(N)c1snnc1C(C)C. The molecule has 0 aliphatic carbocycles. The number of aryl methyl sites for hydroxylation is 1. The maximum atomic E-state index is 6.29. The molecule has 0 aromatic carbocycles. The van der Waals surface area contributed by atoms with Crippen LogP contribution in [0, 0.1) is 6.92 Å². The monoisotopic (exact) mass is 253 g/mol. The van der Waals surface area contributed by atoms with E-state index in [1.54, 1.807) is 11.3 Å². The fraction of sp³-hybridized carbons (Fsp3) is 0.455. The van der Waals surface area contributed by atoms with E-state index in [-0.39, 0.29) is 6.04 Å². The maximum absolute atomic E-state index is 6.29. The van der Waals surface area contributed by atoms with Crippen LogP contribution in [0.5, 0.6) is 0 Å². The Morgan fingerprint density at radius 2 is 2.06 bits per heavy atom. The molecule has 0 fully saturated rings. The lowest BCUT2D eigenvalue weighted by Gasteiger charge is -2.11. The molecule has 2 heterocycles. The first-order valence-corrected chi connectivity index (χ1v) is 6.88. The van der Waals surface area contributed by atoms with Crippen LogP contribution in [-0.4, -0.2) is 9.59 Å². The molecule has 2 aromatic rings. The lowest BCUT2D eigenvalue weighted by Crippen LogP contribution is -2.12. The zero-order valence-electron chi connectivity index (χ0n) is 9.60. The summed E-state index contributed by atoms with van der Waals surface area (Å²) in [5, 5.41) is 6.25. The molecule has 0 saturated heterocycles. The van der Waals surface area contributed by atoms with Gasteiger partial charge in [0.2, 0.25) is 0 Å². The van der Waals surface area contributed by atoms with E-state index in [0.29, 0.717) is 5.92 Å². The molecular weight excluding hydrogens is 238 g/mol. The van der Waals surface area contributed by atoms with Gasteiger partial charge in [0.1, 0.15) is 0 Å². The van der Waals surface area contributed by atoms with E-state index in [4.69, 9.17) is 5.73 Å². The van der Waals surface area contributed by atoms with Gasteiger partial charge in [0.15, 0.2) is 0 Å². The summed E-state index contributed by atoms with van der Waals surface area (Å²) in [6, 6.07) is 2.03. The Kier molecular flexibility index (Phi) is 3.37. The van der Waals surface area contributed by atoms with Gasteiger partial charge in [-0.2, -0.15) is 0 Å². The van der Waals surface area contributed by atoms with E-state index in [1.807, 2.05) is 0 Å². The quantitative estimate of drug-likeness (QED) is 0.914. The first-order chi connectivity index (χ1) is 7.61. The summed E-state index contributed by atoms with van der Waals surface area (Å²) in [4.78, 5) is 2.31. The van der Waals surface area contributed by atoms with E-state index in [0.717, 1.165) is 10.6 Å². The molecule has 0 spiro atoms. The van der Waals surface area contributed by atoms with E-state index < -0.39 is 0 Å². The van der Waals surface area contributed by atoms with Crippen molar-refractivity contribution in [2.45, 2.75) is 32.7 Å². The van der Waals surface area contributed by atoms with Crippen LogP contribution in [0.4, 0.5) is 0 Å². The van der Waals surface area contributed by atoms with Crippen LogP contribution in [0.25, 0.3) is 0 Å². The number of thiophene rings is 1. The van der Waals surface area contributed by atoms with Gasteiger partial charge in [-0.15, -0.1) is 16.4 Å². The first-order valence-electron chi connectivity index (χ1n) is 5.23. The number of aromatic nitrogens is 2. The predicted octanol–water partition coefficient (Wildman–Crippen LogP) is 3.08. The van der Waals surface area contributed by atoms with Gasteiger partial charge >= 0.3 is 0 Å². The van der Waals surface area contributed by atoms with Crippen molar-refractivity contribution in [1.29, 1.82) is 0 Å². The van der Waals surface area contributed by atoms with Gasteiger partial charge in [-0.05, 0) is 41.4 Å². The minimum absolute atomic E-state index is 0.0719. The van der Waals surface area contributed by atoms with Gasteiger partial charge in [-0.1, -0.05) is 18.3 Å². The fourth-order valence-electron chi connectivity index (χ4n) is 1.64. The van der Waals surface area contributed by atoms with E-state index in [9.17, 15) is 0 Å². The molecule has 2 aromatic heterocycles. The van der Waals surface area contributed by atoms with Gasteiger partial charge < -0.3 is 5.73 Å². The van der Waals surface area contributed by atoms with Gasteiger partial charge in [0.25, 0.3) is 0 Å². The summed E-state index contributed by atoms with van der Waals surface area (Å²) in [5.41, 5.74) is 8.57. The molecule has 0 bridgehead atoms. The number of nitrogens with zero attached hydrogens (tertiary/aromatic N) is 2. The van der Waals surface area contributed by atoms with Crippen LogP contribution < -0.4 is 5.73 Å².